The first kappa shape index (κ1) is 14.0. The Morgan fingerprint density at radius 2 is 1.88 bits per heavy atom. The van der Waals surface area contributed by atoms with Crippen molar-refractivity contribution in [2.75, 3.05) is 27.2 Å². The zero-order valence-corrected chi connectivity index (χ0v) is 10.4. The lowest BCUT2D eigenvalue weighted by atomic mass is 10.3. The maximum Gasteiger partial charge on any atom is 0.240 e. The van der Waals surface area contributed by atoms with E-state index in [9.17, 15) is 17.2 Å². The van der Waals surface area contributed by atoms with Gasteiger partial charge in [0.25, 0.3) is 0 Å². The van der Waals surface area contributed by atoms with Crippen molar-refractivity contribution in [3.63, 3.8) is 0 Å². The normalized spacial score (nSPS) is 12.1. The molecule has 0 amide bonds. The minimum atomic E-state index is -3.78. The van der Waals surface area contributed by atoms with Gasteiger partial charge in [0.15, 0.2) is 11.6 Å². The van der Waals surface area contributed by atoms with E-state index >= 15 is 0 Å². The number of likely N-dealkylation sites (N-methyl/N-ethyl adjacent to an activating group) is 1. The Bertz CT molecular complexity index is 489. The highest BCUT2D eigenvalue weighted by Gasteiger charge is 2.15. The minimum Gasteiger partial charge on any atom is -0.308 e. The van der Waals surface area contributed by atoms with E-state index in [1.54, 1.807) is 19.0 Å². The number of rotatable bonds is 5. The molecule has 0 saturated heterocycles. The predicted octanol–water partition coefficient (Wildman–Crippen LogP) is 0.805. The molecule has 0 unspecified atom stereocenters. The van der Waals surface area contributed by atoms with Crippen molar-refractivity contribution >= 4 is 10.0 Å². The number of hydrogen-bond acceptors (Lipinski definition) is 3. The summed E-state index contributed by atoms with van der Waals surface area (Å²) in [5.74, 6) is -2.25. The SMILES string of the molecule is CN(C)CCNS(=O)(=O)c1ccc(F)c(F)c1. The Morgan fingerprint density at radius 1 is 1.24 bits per heavy atom. The van der Waals surface area contributed by atoms with Gasteiger partial charge in [-0.2, -0.15) is 0 Å². The van der Waals surface area contributed by atoms with Gasteiger partial charge in [0.05, 0.1) is 4.90 Å². The van der Waals surface area contributed by atoms with Crippen molar-refractivity contribution in [3.05, 3.63) is 29.8 Å². The molecule has 0 heterocycles. The Hall–Kier alpha value is -1.05. The van der Waals surface area contributed by atoms with Crippen LogP contribution in [0.15, 0.2) is 23.1 Å². The standard InChI is InChI=1S/C10H14F2N2O2S/c1-14(2)6-5-13-17(15,16)8-3-4-9(11)10(12)7-8/h3-4,7,13H,5-6H2,1-2H3. The van der Waals surface area contributed by atoms with Gasteiger partial charge < -0.3 is 4.90 Å². The van der Waals surface area contributed by atoms with E-state index in [1.165, 1.54) is 0 Å². The van der Waals surface area contributed by atoms with Crippen LogP contribution in [0, 0.1) is 11.6 Å². The van der Waals surface area contributed by atoms with Crippen molar-refractivity contribution < 1.29 is 17.2 Å². The van der Waals surface area contributed by atoms with Gasteiger partial charge >= 0.3 is 0 Å². The summed E-state index contributed by atoms with van der Waals surface area (Å²) in [7, 11) is -0.184. The molecular formula is C10H14F2N2O2S. The Morgan fingerprint density at radius 3 is 2.41 bits per heavy atom. The molecule has 0 aliphatic carbocycles. The molecule has 1 rings (SSSR count). The number of nitrogens with one attached hydrogen (secondary N) is 1. The molecule has 17 heavy (non-hydrogen) atoms. The molecule has 7 heteroatoms. The zero-order chi connectivity index (χ0) is 13.1. The topological polar surface area (TPSA) is 49.4 Å². The Balaban J connectivity index is 2.79. The van der Waals surface area contributed by atoms with Gasteiger partial charge in [-0.1, -0.05) is 0 Å². The smallest absolute Gasteiger partial charge is 0.240 e. The van der Waals surface area contributed by atoms with E-state index in [2.05, 4.69) is 4.72 Å². The summed E-state index contributed by atoms with van der Waals surface area (Å²) in [6.07, 6.45) is 0. The molecule has 0 fully saturated rings. The van der Waals surface area contributed by atoms with E-state index in [-0.39, 0.29) is 11.4 Å². The molecule has 1 aromatic rings. The third-order valence-corrected chi connectivity index (χ3v) is 3.51. The van der Waals surface area contributed by atoms with Crippen LogP contribution >= 0.6 is 0 Å². The van der Waals surface area contributed by atoms with E-state index in [1.807, 2.05) is 0 Å². The first-order valence-corrected chi connectivity index (χ1v) is 6.40. The molecule has 0 aliphatic heterocycles. The van der Waals surface area contributed by atoms with Gasteiger partial charge in [0.1, 0.15) is 0 Å². The Kier molecular flexibility index (Phi) is 4.55. The lowest BCUT2D eigenvalue weighted by molar-refractivity contribution is 0.412. The third kappa shape index (κ3) is 4.03. The fourth-order valence-corrected chi connectivity index (χ4v) is 2.16. The summed E-state index contributed by atoms with van der Waals surface area (Å²) in [6.45, 7) is 0.719. The average Bonchev–Trinajstić information content (AvgIpc) is 2.21. The predicted molar refractivity (Wildman–Crippen MR) is 60.1 cm³/mol. The summed E-state index contributed by atoms with van der Waals surface area (Å²) in [5.41, 5.74) is 0. The average molecular weight is 264 g/mol. The Labute approximate surface area is 99.3 Å². The summed E-state index contributed by atoms with van der Waals surface area (Å²) in [6, 6.07) is 2.47. The molecule has 0 saturated carbocycles. The van der Waals surface area contributed by atoms with Gasteiger partial charge in [0.2, 0.25) is 10.0 Å². The summed E-state index contributed by atoms with van der Waals surface area (Å²) in [4.78, 5) is 1.52. The van der Waals surface area contributed by atoms with Gasteiger partial charge in [-0.3, -0.25) is 0 Å². The fourth-order valence-electron chi connectivity index (χ4n) is 1.13. The molecular weight excluding hydrogens is 250 g/mol. The molecule has 0 bridgehead atoms. The van der Waals surface area contributed by atoms with Gasteiger partial charge in [0, 0.05) is 13.1 Å². The quantitative estimate of drug-likeness (QED) is 0.856. The summed E-state index contributed by atoms with van der Waals surface area (Å²) in [5, 5.41) is 0. The number of halogens is 2. The van der Waals surface area contributed by atoms with Crippen LogP contribution < -0.4 is 4.72 Å². The first-order chi connectivity index (χ1) is 7.83. The third-order valence-electron chi connectivity index (χ3n) is 2.05. The largest absolute Gasteiger partial charge is 0.308 e. The molecule has 0 aromatic heterocycles. The second-order valence-electron chi connectivity index (χ2n) is 3.78. The van der Waals surface area contributed by atoms with Crippen LogP contribution in [0.3, 0.4) is 0 Å². The van der Waals surface area contributed by atoms with Crippen LogP contribution in [0.2, 0.25) is 0 Å². The molecule has 1 aromatic carbocycles. The van der Waals surface area contributed by atoms with Crippen molar-refractivity contribution in [1.29, 1.82) is 0 Å². The first-order valence-electron chi connectivity index (χ1n) is 4.92. The summed E-state index contributed by atoms with van der Waals surface area (Å²) >= 11 is 0. The van der Waals surface area contributed by atoms with Crippen LogP contribution in [-0.2, 0) is 10.0 Å². The summed E-state index contributed by atoms with van der Waals surface area (Å²) < 4.78 is 51.1. The van der Waals surface area contributed by atoms with Crippen LogP contribution in [-0.4, -0.2) is 40.5 Å². The van der Waals surface area contributed by atoms with Crippen molar-refractivity contribution in [2.24, 2.45) is 0 Å². The number of benzene rings is 1. The van der Waals surface area contributed by atoms with Gasteiger partial charge in [-0.25, -0.2) is 21.9 Å². The second-order valence-corrected chi connectivity index (χ2v) is 5.54. The molecule has 0 radical (unpaired) electrons. The lowest BCUT2D eigenvalue weighted by Gasteiger charge is -2.11. The van der Waals surface area contributed by atoms with Crippen LogP contribution in [0.1, 0.15) is 0 Å². The molecule has 4 nitrogen and oxygen atoms in total. The molecule has 96 valence electrons. The second kappa shape index (κ2) is 5.52. The number of sulfonamides is 1. The van der Waals surface area contributed by atoms with Crippen molar-refractivity contribution in [1.82, 2.24) is 9.62 Å². The molecule has 0 spiro atoms. The number of nitrogens with zero attached hydrogens (tertiary/aromatic N) is 1. The van der Waals surface area contributed by atoms with E-state index < -0.39 is 21.7 Å². The molecule has 1 N–H and O–H groups in total. The monoisotopic (exact) mass is 264 g/mol. The van der Waals surface area contributed by atoms with Crippen LogP contribution in [0.25, 0.3) is 0 Å². The molecule has 0 atom stereocenters. The van der Waals surface area contributed by atoms with Crippen LogP contribution in [0.4, 0.5) is 8.78 Å². The molecule has 0 aliphatic rings. The minimum absolute atomic E-state index is 0.203. The van der Waals surface area contributed by atoms with Gasteiger partial charge in [-0.15, -0.1) is 0 Å². The number of hydrogen-bond donors (Lipinski definition) is 1. The highest BCUT2D eigenvalue weighted by atomic mass is 32.2. The maximum atomic E-state index is 12.9. The van der Waals surface area contributed by atoms with Crippen molar-refractivity contribution in [3.8, 4) is 0 Å². The zero-order valence-electron chi connectivity index (χ0n) is 9.57. The highest BCUT2D eigenvalue weighted by molar-refractivity contribution is 7.89. The van der Waals surface area contributed by atoms with Crippen molar-refractivity contribution in [2.45, 2.75) is 4.90 Å². The van der Waals surface area contributed by atoms with E-state index in [0.717, 1.165) is 12.1 Å². The van der Waals surface area contributed by atoms with E-state index in [0.29, 0.717) is 12.6 Å². The lowest BCUT2D eigenvalue weighted by Crippen LogP contribution is -2.31. The van der Waals surface area contributed by atoms with E-state index in [4.69, 9.17) is 0 Å². The van der Waals surface area contributed by atoms with Gasteiger partial charge in [-0.05, 0) is 32.3 Å². The highest BCUT2D eigenvalue weighted by Crippen LogP contribution is 2.13. The fraction of sp³-hybridized carbons (Fsp3) is 0.400. The maximum absolute atomic E-state index is 12.9. The van der Waals surface area contributed by atoms with Crippen LogP contribution in [0.5, 0.6) is 0 Å².